The van der Waals surface area contributed by atoms with Gasteiger partial charge < -0.3 is 9.73 Å². The summed E-state index contributed by atoms with van der Waals surface area (Å²) >= 11 is 0. The molecule has 3 aromatic rings. The summed E-state index contributed by atoms with van der Waals surface area (Å²) in [6, 6.07) is 23.1. The largest absolute Gasteiger partial charge is 0.467 e. The van der Waals surface area contributed by atoms with Crippen LogP contribution < -0.4 is 5.32 Å². The highest BCUT2D eigenvalue weighted by Crippen LogP contribution is 2.25. The number of rotatable bonds is 5. The first-order valence-corrected chi connectivity index (χ1v) is 7.32. The lowest BCUT2D eigenvalue weighted by Gasteiger charge is -2.16. The van der Waals surface area contributed by atoms with Gasteiger partial charge in [-0.1, -0.05) is 49.4 Å². The Kier molecular flexibility index (Phi) is 4.06. The molecule has 0 aliphatic heterocycles. The van der Waals surface area contributed by atoms with Crippen LogP contribution in [0, 0.1) is 0 Å². The number of anilines is 1. The van der Waals surface area contributed by atoms with Gasteiger partial charge in [0.1, 0.15) is 5.76 Å². The number of benzene rings is 2. The van der Waals surface area contributed by atoms with Gasteiger partial charge >= 0.3 is 0 Å². The highest BCUT2D eigenvalue weighted by molar-refractivity contribution is 5.66. The van der Waals surface area contributed by atoms with E-state index in [2.05, 4.69) is 60.8 Å². The molecular weight excluding hydrogens is 258 g/mol. The second kappa shape index (κ2) is 6.31. The number of nitrogens with one attached hydrogen (secondary N) is 1. The molecule has 21 heavy (non-hydrogen) atoms. The first-order chi connectivity index (χ1) is 10.4. The van der Waals surface area contributed by atoms with Gasteiger partial charge in [0.05, 0.1) is 12.3 Å². The minimum atomic E-state index is 0.211. The van der Waals surface area contributed by atoms with Crippen LogP contribution in [0.2, 0.25) is 0 Å². The van der Waals surface area contributed by atoms with Crippen molar-refractivity contribution >= 4 is 5.69 Å². The molecule has 106 valence electrons. The Balaban J connectivity index is 1.75. The normalized spacial score (nSPS) is 12.0. The third-order valence-corrected chi connectivity index (χ3v) is 3.63. The molecule has 0 radical (unpaired) electrons. The van der Waals surface area contributed by atoms with E-state index in [-0.39, 0.29) is 6.04 Å². The predicted molar refractivity (Wildman–Crippen MR) is 87.2 cm³/mol. The topological polar surface area (TPSA) is 25.2 Å². The second-order valence-corrected chi connectivity index (χ2v) is 5.06. The van der Waals surface area contributed by atoms with Crippen LogP contribution in [0.3, 0.4) is 0 Å². The maximum atomic E-state index is 5.49. The van der Waals surface area contributed by atoms with Crippen LogP contribution in [-0.4, -0.2) is 0 Å². The Bertz CT molecular complexity index is 657. The van der Waals surface area contributed by atoms with E-state index < -0.39 is 0 Å². The van der Waals surface area contributed by atoms with Gasteiger partial charge in [0.25, 0.3) is 0 Å². The molecule has 0 saturated carbocycles. The van der Waals surface area contributed by atoms with E-state index in [0.717, 1.165) is 17.9 Å². The molecule has 0 bridgehead atoms. The molecule has 1 aromatic heterocycles. The van der Waals surface area contributed by atoms with Gasteiger partial charge in [-0.2, -0.15) is 0 Å². The molecule has 0 aliphatic rings. The van der Waals surface area contributed by atoms with E-state index in [0.29, 0.717) is 0 Å². The standard InChI is InChI=1S/C19H19NO/c1-2-18(19-9-6-14-21-19)20-17-12-10-16(11-13-17)15-7-4-3-5-8-15/h3-14,18,20H,2H2,1H3. The molecule has 1 unspecified atom stereocenters. The number of hydrogen-bond donors (Lipinski definition) is 1. The van der Waals surface area contributed by atoms with Crippen molar-refractivity contribution in [1.82, 2.24) is 0 Å². The molecular formula is C19H19NO. The molecule has 0 spiro atoms. The van der Waals surface area contributed by atoms with E-state index in [1.807, 2.05) is 18.2 Å². The summed E-state index contributed by atoms with van der Waals surface area (Å²) in [6.45, 7) is 2.15. The molecule has 1 heterocycles. The molecule has 0 aliphatic carbocycles. The lowest BCUT2D eigenvalue weighted by Crippen LogP contribution is -2.08. The van der Waals surface area contributed by atoms with E-state index in [1.54, 1.807) is 6.26 Å². The van der Waals surface area contributed by atoms with Gasteiger partial charge in [-0.05, 0) is 41.8 Å². The van der Waals surface area contributed by atoms with Gasteiger partial charge in [0, 0.05) is 5.69 Å². The fraction of sp³-hybridized carbons (Fsp3) is 0.158. The monoisotopic (exact) mass is 277 g/mol. The molecule has 0 fully saturated rings. The Morgan fingerprint density at radius 3 is 2.19 bits per heavy atom. The predicted octanol–water partition coefficient (Wildman–Crippen LogP) is 5.51. The van der Waals surface area contributed by atoms with Crippen molar-refractivity contribution in [3.63, 3.8) is 0 Å². The summed E-state index contributed by atoms with van der Waals surface area (Å²) in [5.41, 5.74) is 3.58. The van der Waals surface area contributed by atoms with Crippen molar-refractivity contribution in [2.24, 2.45) is 0 Å². The van der Waals surface area contributed by atoms with E-state index in [9.17, 15) is 0 Å². The van der Waals surface area contributed by atoms with Gasteiger partial charge in [0.15, 0.2) is 0 Å². The zero-order valence-electron chi connectivity index (χ0n) is 12.1. The minimum absolute atomic E-state index is 0.211. The van der Waals surface area contributed by atoms with Gasteiger partial charge in [0.2, 0.25) is 0 Å². The average Bonchev–Trinajstić information content (AvgIpc) is 3.08. The quantitative estimate of drug-likeness (QED) is 0.665. The van der Waals surface area contributed by atoms with Crippen molar-refractivity contribution in [1.29, 1.82) is 0 Å². The Labute approximate surface area is 125 Å². The Morgan fingerprint density at radius 1 is 0.857 bits per heavy atom. The zero-order chi connectivity index (χ0) is 14.5. The van der Waals surface area contributed by atoms with Gasteiger partial charge in [-0.15, -0.1) is 0 Å². The average molecular weight is 277 g/mol. The van der Waals surface area contributed by atoms with Crippen molar-refractivity contribution in [3.05, 3.63) is 78.8 Å². The van der Waals surface area contributed by atoms with Crippen LogP contribution in [0.1, 0.15) is 25.1 Å². The molecule has 3 rings (SSSR count). The highest BCUT2D eigenvalue weighted by atomic mass is 16.3. The van der Waals surface area contributed by atoms with Crippen molar-refractivity contribution in [2.75, 3.05) is 5.32 Å². The van der Waals surface area contributed by atoms with E-state index in [4.69, 9.17) is 4.42 Å². The molecule has 2 heteroatoms. The second-order valence-electron chi connectivity index (χ2n) is 5.06. The molecule has 0 amide bonds. The smallest absolute Gasteiger partial charge is 0.125 e. The van der Waals surface area contributed by atoms with E-state index in [1.165, 1.54) is 11.1 Å². The first-order valence-electron chi connectivity index (χ1n) is 7.32. The van der Waals surface area contributed by atoms with E-state index >= 15 is 0 Å². The maximum Gasteiger partial charge on any atom is 0.125 e. The fourth-order valence-corrected chi connectivity index (χ4v) is 2.45. The highest BCUT2D eigenvalue weighted by Gasteiger charge is 2.11. The Morgan fingerprint density at radius 2 is 1.57 bits per heavy atom. The fourth-order valence-electron chi connectivity index (χ4n) is 2.45. The lowest BCUT2D eigenvalue weighted by molar-refractivity contribution is 0.474. The number of furan rings is 1. The van der Waals surface area contributed by atoms with Crippen molar-refractivity contribution < 1.29 is 4.42 Å². The summed E-state index contributed by atoms with van der Waals surface area (Å²) in [7, 11) is 0. The Hall–Kier alpha value is -2.48. The van der Waals surface area contributed by atoms with Crippen LogP contribution in [0.4, 0.5) is 5.69 Å². The molecule has 2 aromatic carbocycles. The maximum absolute atomic E-state index is 5.49. The van der Waals surface area contributed by atoms with Gasteiger partial charge in [-0.25, -0.2) is 0 Å². The van der Waals surface area contributed by atoms with Crippen LogP contribution >= 0.6 is 0 Å². The van der Waals surface area contributed by atoms with Crippen LogP contribution in [-0.2, 0) is 0 Å². The van der Waals surface area contributed by atoms with Gasteiger partial charge in [-0.3, -0.25) is 0 Å². The molecule has 2 nitrogen and oxygen atoms in total. The lowest BCUT2D eigenvalue weighted by atomic mass is 10.1. The van der Waals surface area contributed by atoms with Crippen LogP contribution in [0.15, 0.2) is 77.4 Å². The third kappa shape index (κ3) is 3.16. The first kappa shape index (κ1) is 13.5. The van der Waals surface area contributed by atoms with Crippen LogP contribution in [0.25, 0.3) is 11.1 Å². The summed E-state index contributed by atoms with van der Waals surface area (Å²) in [5, 5.41) is 3.52. The number of hydrogen-bond acceptors (Lipinski definition) is 2. The molecule has 1 N–H and O–H groups in total. The molecule has 0 saturated heterocycles. The summed E-state index contributed by atoms with van der Waals surface area (Å²) in [6.07, 6.45) is 2.70. The third-order valence-electron chi connectivity index (χ3n) is 3.63. The van der Waals surface area contributed by atoms with Crippen LogP contribution in [0.5, 0.6) is 0 Å². The van der Waals surface area contributed by atoms with Crippen molar-refractivity contribution in [2.45, 2.75) is 19.4 Å². The SMILES string of the molecule is CCC(Nc1ccc(-c2ccccc2)cc1)c1ccco1. The summed E-state index contributed by atoms with van der Waals surface area (Å²) in [4.78, 5) is 0. The van der Waals surface area contributed by atoms with Crippen molar-refractivity contribution in [3.8, 4) is 11.1 Å². The summed E-state index contributed by atoms with van der Waals surface area (Å²) < 4.78 is 5.49. The zero-order valence-corrected chi connectivity index (χ0v) is 12.1. The molecule has 1 atom stereocenters. The minimum Gasteiger partial charge on any atom is -0.467 e. The summed E-state index contributed by atoms with van der Waals surface area (Å²) in [5.74, 6) is 0.977.